The standard InChI is InChI=1S/C21H23N5OS/c27-21(16-28-20-14-23-18-7-1-2-8-19(18)24-20)26-11-5-10-25(12-13-26)15-17-6-3-4-9-22-17/h1-4,6-9,14H,5,10-13,15-16H2. The molecule has 1 fully saturated rings. The van der Waals surface area contributed by atoms with Gasteiger partial charge in [-0.3, -0.25) is 19.7 Å². The predicted molar refractivity (Wildman–Crippen MR) is 111 cm³/mol. The highest BCUT2D eigenvalue weighted by Gasteiger charge is 2.19. The van der Waals surface area contributed by atoms with Crippen molar-refractivity contribution in [1.29, 1.82) is 0 Å². The Morgan fingerprint density at radius 2 is 1.82 bits per heavy atom. The molecule has 7 heteroatoms. The molecule has 0 bridgehead atoms. The molecule has 0 atom stereocenters. The van der Waals surface area contributed by atoms with Crippen molar-refractivity contribution < 1.29 is 4.79 Å². The van der Waals surface area contributed by atoms with E-state index in [-0.39, 0.29) is 5.91 Å². The van der Waals surface area contributed by atoms with Gasteiger partial charge in [-0.1, -0.05) is 30.0 Å². The van der Waals surface area contributed by atoms with E-state index in [0.29, 0.717) is 5.75 Å². The summed E-state index contributed by atoms with van der Waals surface area (Å²) in [4.78, 5) is 30.4. The quantitative estimate of drug-likeness (QED) is 0.621. The summed E-state index contributed by atoms with van der Waals surface area (Å²) in [6.07, 6.45) is 4.56. The van der Waals surface area contributed by atoms with Crippen LogP contribution >= 0.6 is 11.8 Å². The van der Waals surface area contributed by atoms with Crippen LogP contribution < -0.4 is 0 Å². The number of pyridine rings is 1. The molecule has 144 valence electrons. The fourth-order valence-corrected chi connectivity index (χ4v) is 4.08. The average molecular weight is 394 g/mol. The van der Waals surface area contributed by atoms with Gasteiger partial charge in [0.1, 0.15) is 5.03 Å². The van der Waals surface area contributed by atoms with E-state index in [4.69, 9.17) is 0 Å². The van der Waals surface area contributed by atoms with Gasteiger partial charge in [0.2, 0.25) is 5.91 Å². The molecule has 3 heterocycles. The van der Waals surface area contributed by atoms with Gasteiger partial charge in [0.05, 0.1) is 28.7 Å². The first kappa shape index (κ1) is 18.8. The second-order valence-electron chi connectivity index (χ2n) is 6.82. The second-order valence-corrected chi connectivity index (χ2v) is 7.81. The number of fused-ring (bicyclic) bond motifs is 1. The monoisotopic (exact) mass is 393 g/mol. The molecule has 1 saturated heterocycles. The molecule has 1 aliphatic rings. The lowest BCUT2D eigenvalue weighted by Crippen LogP contribution is -2.36. The van der Waals surface area contributed by atoms with Crippen LogP contribution in [0, 0.1) is 0 Å². The van der Waals surface area contributed by atoms with Gasteiger partial charge >= 0.3 is 0 Å². The lowest BCUT2D eigenvalue weighted by Gasteiger charge is -2.21. The Hall–Kier alpha value is -2.51. The van der Waals surface area contributed by atoms with Gasteiger partial charge in [-0.25, -0.2) is 4.98 Å². The van der Waals surface area contributed by atoms with Crippen molar-refractivity contribution in [1.82, 2.24) is 24.8 Å². The third kappa shape index (κ3) is 4.85. The Balaban J connectivity index is 1.29. The number of rotatable bonds is 5. The number of carbonyl (C=O) groups is 1. The van der Waals surface area contributed by atoms with Crippen molar-refractivity contribution in [2.24, 2.45) is 0 Å². The summed E-state index contributed by atoms with van der Waals surface area (Å²) >= 11 is 1.46. The van der Waals surface area contributed by atoms with Gasteiger partial charge < -0.3 is 4.90 Å². The lowest BCUT2D eigenvalue weighted by atomic mass is 10.3. The van der Waals surface area contributed by atoms with E-state index in [1.54, 1.807) is 6.20 Å². The van der Waals surface area contributed by atoms with E-state index >= 15 is 0 Å². The molecule has 0 aliphatic carbocycles. The maximum Gasteiger partial charge on any atom is 0.233 e. The van der Waals surface area contributed by atoms with Gasteiger partial charge in [-0.15, -0.1) is 0 Å². The minimum Gasteiger partial charge on any atom is -0.341 e. The lowest BCUT2D eigenvalue weighted by molar-refractivity contribution is -0.128. The number of para-hydroxylation sites is 2. The van der Waals surface area contributed by atoms with Crippen LogP contribution in [0.3, 0.4) is 0 Å². The molecule has 4 rings (SSSR count). The van der Waals surface area contributed by atoms with Crippen LogP contribution in [-0.2, 0) is 11.3 Å². The number of hydrogen-bond acceptors (Lipinski definition) is 6. The normalized spacial score (nSPS) is 15.5. The van der Waals surface area contributed by atoms with Crippen molar-refractivity contribution >= 4 is 28.7 Å². The number of nitrogens with zero attached hydrogens (tertiary/aromatic N) is 5. The number of amides is 1. The van der Waals surface area contributed by atoms with E-state index in [1.165, 1.54) is 11.8 Å². The Bertz CT molecular complexity index is 936. The third-order valence-corrected chi connectivity index (χ3v) is 5.71. The molecule has 1 aliphatic heterocycles. The molecule has 1 amide bonds. The zero-order valence-electron chi connectivity index (χ0n) is 15.7. The summed E-state index contributed by atoms with van der Waals surface area (Å²) < 4.78 is 0. The van der Waals surface area contributed by atoms with Gasteiger partial charge in [-0.05, 0) is 30.7 Å². The van der Waals surface area contributed by atoms with E-state index < -0.39 is 0 Å². The third-order valence-electron chi connectivity index (χ3n) is 4.82. The number of carbonyl (C=O) groups excluding carboxylic acids is 1. The van der Waals surface area contributed by atoms with Crippen molar-refractivity contribution in [3.05, 3.63) is 60.6 Å². The molecule has 0 radical (unpaired) electrons. The first-order valence-electron chi connectivity index (χ1n) is 9.52. The molecule has 0 saturated carbocycles. The van der Waals surface area contributed by atoms with Crippen LogP contribution in [0.5, 0.6) is 0 Å². The fourth-order valence-electron chi connectivity index (χ4n) is 3.34. The number of aromatic nitrogens is 3. The van der Waals surface area contributed by atoms with E-state index in [2.05, 4.69) is 25.9 Å². The van der Waals surface area contributed by atoms with Crippen LogP contribution in [0.2, 0.25) is 0 Å². The first-order valence-corrected chi connectivity index (χ1v) is 10.5. The highest BCUT2D eigenvalue weighted by atomic mass is 32.2. The van der Waals surface area contributed by atoms with Crippen LogP contribution in [0.4, 0.5) is 0 Å². The molecule has 28 heavy (non-hydrogen) atoms. The Morgan fingerprint density at radius 1 is 0.964 bits per heavy atom. The number of benzene rings is 1. The summed E-state index contributed by atoms with van der Waals surface area (Å²) in [5.74, 6) is 0.562. The van der Waals surface area contributed by atoms with Crippen LogP contribution in [0.1, 0.15) is 12.1 Å². The van der Waals surface area contributed by atoms with E-state index in [1.807, 2.05) is 47.5 Å². The number of thioether (sulfide) groups is 1. The zero-order chi connectivity index (χ0) is 19.2. The minimum absolute atomic E-state index is 0.166. The smallest absolute Gasteiger partial charge is 0.233 e. The largest absolute Gasteiger partial charge is 0.341 e. The Labute approximate surface area is 169 Å². The van der Waals surface area contributed by atoms with Crippen molar-refractivity contribution in [2.75, 3.05) is 31.9 Å². The van der Waals surface area contributed by atoms with Gasteiger partial charge in [0.15, 0.2) is 0 Å². The molecule has 2 aromatic heterocycles. The van der Waals surface area contributed by atoms with Gasteiger partial charge in [-0.2, -0.15) is 0 Å². The molecule has 0 unspecified atom stereocenters. The van der Waals surface area contributed by atoms with Crippen LogP contribution in [0.15, 0.2) is 59.9 Å². The van der Waals surface area contributed by atoms with Crippen molar-refractivity contribution in [3.63, 3.8) is 0 Å². The molecule has 0 N–H and O–H groups in total. The van der Waals surface area contributed by atoms with E-state index in [0.717, 1.165) is 60.9 Å². The highest BCUT2D eigenvalue weighted by Crippen LogP contribution is 2.19. The Morgan fingerprint density at radius 3 is 2.68 bits per heavy atom. The van der Waals surface area contributed by atoms with Crippen LogP contribution in [0.25, 0.3) is 11.0 Å². The van der Waals surface area contributed by atoms with Gasteiger partial charge in [0.25, 0.3) is 0 Å². The zero-order valence-corrected chi connectivity index (χ0v) is 16.5. The second kappa shape index (κ2) is 9.12. The highest BCUT2D eigenvalue weighted by molar-refractivity contribution is 7.99. The molecular weight excluding hydrogens is 370 g/mol. The first-order chi connectivity index (χ1) is 13.8. The molecular formula is C21H23N5OS. The number of hydrogen-bond donors (Lipinski definition) is 0. The maximum atomic E-state index is 12.7. The van der Waals surface area contributed by atoms with Crippen molar-refractivity contribution in [2.45, 2.75) is 18.0 Å². The summed E-state index contributed by atoms with van der Waals surface area (Å²) in [5.41, 5.74) is 2.81. The summed E-state index contributed by atoms with van der Waals surface area (Å²) in [5, 5.41) is 0.790. The summed E-state index contributed by atoms with van der Waals surface area (Å²) in [6, 6.07) is 13.8. The summed E-state index contributed by atoms with van der Waals surface area (Å²) in [6.45, 7) is 4.27. The fraction of sp³-hybridized carbons (Fsp3) is 0.333. The topological polar surface area (TPSA) is 62.2 Å². The SMILES string of the molecule is O=C(CSc1cnc2ccccc2n1)N1CCCN(Cc2ccccn2)CC1. The average Bonchev–Trinajstić information content (AvgIpc) is 2.98. The minimum atomic E-state index is 0.166. The predicted octanol–water partition coefficient (Wildman–Crippen LogP) is 2.85. The molecule has 0 spiro atoms. The van der Waals surface area contributed by atoms with Crippen LogP contribution in [-0.4, -0.2) is 62.6 Å². The molecule has 3 aromatic rings. The van der Waals surface area contributed by atoms with E-state index in [9.17, 15) is 4.79 Å². The molecule has 6 nitrogen and oxygen atoms in total. The van der Waals surface area contributed by atoms with Gasteiger partial charge in [0, 0.05) is 38.9 Å². The summed E-state index contributed by atoms with van der Waals surface area (Å²) in [7, 11) is 0. The van der Waals surface area contributed by atoms with Crippen molar-refractivity contribution in [3.8, 4) is 0 Å². The molecule has 1 aromatic carbocycles. The Kier molecular flexibility index (Phi) is 6.14. The maximum absolute atomic E-state index is 12.7.